The highest BCUT2D eigenvalue weighted by molar-refractivity contribution is 9.10. The number of benzene rings is 1. The third-order valence-electron chi connectivity index (χ3n) is 2.75. The van der Waals surface area contributed by atoms with E-state index in [9.17, 15) is 4.79 Å². The summed E-state index contributed by atoms with van der Waals surface area (Å²) in [7, 11) is 0. The number of halogens is 1. The summed E-state index contributed by atoms with van der Waals surface area (Å²) in [6.45, 7) is 0.649. The molecule has 1 heterocycles. The van der Waals surface area contributed by atoms with Gasteiger partial charge in [-0.3, -0.25) is 0 Å². The van der Waals surface area contributed by atoms with Crippen molar-refractivity contribution in [2.75, 3.05) is 6.54 Å². The second-order valence-electron chi connectivity index (χ2n) is 3.69. The van der Waals surface area contributed by atoms with E-state index in [0.29, 0.717) is 6.54 Å². The maximum absolute atomic E-state index is 11.0. The molecule has 0 spiro atoms. The first-order chi connectivity index (χ1) is 7.18. The Hall–Kier alpha value is -1.03. The van der Waals surface area contributed by atoms with Crippen LogP contribution in [0.1, 0.15) is 24.4 Å². The average molecular weight is 270 g/mol. The molecule has 1 aromatic rings. The minimum absolute atomic E-state index is 0.0376. The summed E-state index contributed by atoms with van der Waals surface area (Å²) >= 11 is 3.37. The lowest BCUT2D eigenvalue weighted by Gasteiger charge is -2.21. The Balaban J connectivity index is 2.22. The smallest absolute Gasteiger partial charge is 0.407 e. The van der Waals surface area contributed by atoms with Gasteiger partial charge in [0, 0.05) is 11.0 Å². The monoisotopic (exact) mass is 269 g/mol. The lowest BCUT2D eigenvalue weighted by Crippen LogP contribution is -2.28. The van der Waals surface area contributed by atoms with Crippen LogP contribution in [0, 0.1) is 0 Å². The van der Waals surface area contributed by atoms with Crippen LogP contribution < -0.4 is 0 Å². The third-order valence-corrected chi connectivity index (χ3v) is 3.28. The van der Waals surface area contributed by atoms with Crippen molar-refractivity contribution in [1.82, 2.24) is 4.90 Å². The maximum atomic E-state index is 11.0. The van der Waals surface area contributed by atoms with Crippen LogP contribution in [0.3, 0.4) is 0 Å². The third kappa shape index (κ3) is 2.15. The lowest BCUT2D eigenvalue weighted by atomic mass is 10.1. The van der Waals surface area contributed by atoms with E-state index in [1.807, 2.05) is 24.3 Å². The van der Waals surface area contributed by atoms with Gasteiger partial charge in [0.1, 0.15) is 0 Å². The van der Waals surface area contributed by atoms with Crippen molar-refractivity contribution in [2.24, 2.45) is 0 Å². The molecule has 0 radical (unpaired) electrons. The van der Waals surface area contributed by atoms with Crippen LogP contribution in [0.15, 0.2) is 28.7 Å². The van der Waals surface area contributed by atoms with Gasteiger partial charge in [-0.25, -0.2) is 4.79 Å². The van der Waals surface area contributed by atoms with Gasteiger partial charge in [-0.1, -0.05) is 28.1 Å². The SMILES string of the molecule is O=C(O)N1CCCC1c1ccc(Br)cc1. The van der Waals surface area contributed by atoms with Crippen LogP contribution in [0.2, 0.25) is 0 Å². The Kier molecular flexibility index (Phi) is 2.95. The van der Waals surface area contributed by atoms with Gasteiger partial charge in [0.15, 0.2) is 0 Å². The van der Waals surface area contributed by atoms with E-state index in [2.05, 4.69) is 15.9 Å². The molecule has 1 atom stereocenters. The Morgan fingerprint density at radius 3 is 2.67 bits per heavy atom. The highest BCUT2D eigenvalue weighted by atomic mass is 79.9. The molecular formula is C11H12BrNO2. The van der Waals surface area contributed by atoms with Crippen LogP contribution >= 0.6 is 15.9 Å². The zero-order chi connectivity index (χ0) is 10.8. The summed E-state index contributed by atoms with van der Waals surface area (Å²) in [5, 5.41) is 9.02. The first-order valence-corrected chi connectivity index (χ1v) is 5.73. The van der Waals surface area contributed by atoms with Gasteiger partial charge in [-0.2, -0.15) is 0 Å². The summed E-state index contributed by atoms with van der Waals surface area (Å²) in [5.41, 5.74) is 1.08. The van der Waals surface area contributed by atoms with Gasteiger partial charge in [0.25, 0.3) is 0 Å². The summed E-state index contributed by atoms with van der Waals surface area (Å²) in [5.74, 6) is 0. The Bertz CT molecular complexity index is 363. The highest BCUT2D eigenvalue weighted by Crippen LogP contribution is 2.32. The number of hydrogen-bond acceptors (Lipinski definition) is 1. The number of rotatable bonds is 1. The van der Waals surface area contributed by atoms with E-state index in [-0.39, 0.29) is 6.04 Å². The van der Waals surface area contributed by atoms with Crippen molar-refractivity contribution in [3.8, 4) is 0 Å². The van der Waals surface area contributed by atoms with Crippen LogP contribution in [0.5, 0.6) is 0 Å². The molecule has 1 unspecified atom stereocenters. The second kappa shape index (κ2) is 4.23. The number of carbonyl (C=O) groups is 1. The molecule has 1 N–H and O–H groups in total. The average Bonchev–Trinajstić information content (AvgIpc) is 2.67. The minimum atomic E-state index is -0.819. The molecule has 1 aromatic carbocycles. The van der Waals surface area contributed by atoms with E-state index >= 15 is 0 Å². The number of nitrogens with zero attached hydrogens (tertiary/aromatic N) is 1. The Morgan fingerprint density at radius 2 is 2.07 bits per heavy atom. The summed E-state index contributed by atoms with van der Waals surface area (Å²) in [6.07, 6.45) is 1.06. The maximum Gasteiger partial charge on any atom is 0.407 e. The zero-order valence-electron chi connectivity index (χ0n) is 8.19. The van der Waals surface area contributed by atoms with Gasteiger partial charge in [0.05, 0.1) is 6.04 Å². The molecule has 1 aliphatic heterocycles. The minimum Gasteiger partial charge on any atom is -0.465 e. The predicted octanol–water partition coefficient (Wildman–Crippen LogP) is 3.26. The molecule has 1 aliphatic rings. The fraction of sp³-hybridized carbons (Fsp3) is 0.364. The number of likely N-dealkylation sites (tertiary alicyclic amines) is 1. The molecule has 1 fully saturated rings. The zero-order valence-corrected chi connectivity index (χ0v) is 9.77. The first kappa shape index (κ1) is 10.5. The van der Waals surface area contributed by atoms with Crippen molar-refractivity contribution in [1.29, 1.82) is 0 Å². The number of carboxylic acid groups (broad SMARTS) is 1. The van der Waals surface area contributed by atoms with Gasteiger partial charge in [0.2, 0.25) is 0 Å². The van der Waals surface area contributed by atoms with Gasteiger partial charge >= 0.3 is 6.09 Å². The number of hydrogen-bond donors (Lipinski definition) is 1. The molecule has 1 amide bonds. The highest BCUT2D eigenvalue weighted by Gasteiger charge is 2.29. The van der Waals surface area contributed by atoms with Crippen molar-refractivity contribution >= 4 is 22.0 Å². The van der Waals surface area contributed by atoms with Crippen molar-refractivity contribution in [3.63, 3.8) is 0 Å². The van der Waals surface area contributed by atoms with Gasteiger partial charge in [-0.15, -0.1) is 0 Å². The van der Waals surface area contributed by atoms with Crippen LogP contribution in [-0.4, -0.2) is 22.6 Å². The molecule has 0 saturated carbocycles. The standard InChI is InChI=1S/C11H12BrNO2/c12-9-5-3-8(4-6-9)10-2-1-7-13(10)11(14)15/h3-6,10H,1-2,7H2,(H,14,15). The normalized spacial score (nSPS) is 20.6. The van der Waals surface area contributed by atoms with E-state index in [1.54, 1.807) is 0 Å². The quantitative estimate of drug-likeness (QED) is 0.850. The van der Waals surface area contributed by atoms with E-state index in [1.165, 1.54) is 4.90 Å². The Labute approximate surface area is 96.8 Å². The second-order valence-corrected chi connectivity index (χ2v) is 4.60. The van der Waals surface area contributed by atoms with Crippen LogP contribution in [0.25, 0.3) is 0 Å². The Morgan fingerprint density at radius 1 is 1.40 bits per heavy atom. The van der Waals surface area contributed by atoms with E-state index < -0.39 is 6.09 Å². The molecule has 2 rings (SSSR count). The molecule has 4 heteroatoms. The topological polar surface area (TPSA) is 40.5 Å². The van der Waals surface area contributed by atoms with E-state index in [0.717, 1.165) is 22.9 Å². The first-order valence-electron chi connectivity index (χ1n) is 4.93. The molecule has 0 aliphatic carbocycles. The summed E-state index contributed by atoms with van der Waals surface area (Å²) < 4.78 is 1.02. The molecule has 15 heavy (non-hydrogen) atoms. The molecule has 0 bridgehead atoms. The summed E-state index contributed by atoms with van der Waals surface area (Å²) in [4.78, 5) is 12.5. The largest absolute Gasteiger partial charge is 0.465 e. The van der Waals surface area contributed by atoms with Crippen molar-refractivity contribution < 1.29 is 9.90 Å². The van der Waals surface area contributed by atoms with Crippen molar-refractivity contribution in [2.45, 2.75) is 18.9 Å². The van der Waals surface area contributed by atoms with Crippen LogP contribution in [-0.2, 0) is 0 Å². The molecule has 80 valence electrons. The fourth-order valence-electron chi connectivity index (χ4n) is 2.03. The lowest BCUT2D eigenvalue weighted by molar-refractivity contribution is 0.140. The molecular weight excluding hydrogens is 258 g/mol. The number of amides is 1. The van der Waals surface area contributed by atoms with Crippen LogP contribution in [0.4, 0.5) is 4.79 Å². The summed E-state index contributed by atoms with van der Waals surface area (Å²) in [6, 6.07) is 7.91. The molecule has 3 nitrogen and oxygen atoms in total. The van der Waals surface area contributed by atoms with Gasteiger partial charge in [-0.05, 0) is 30.5 Å². The van der Waals surface area contributed by atoms with Gasteiger partial charge < -0.3 is 10.0 Å². The van der Waals surface area contributed by atoms with Crippen molar-refractivity contribution in [3.05, 3.63) is 34.3 Å². The molecule has 0 aromatic heterocycles. The predicted molar refractivity (Wildman–Crippen MR) is 60.8 cm³/mol. The molecule has 1 saturated heterocycles. The van der Waals surface area contributed by atoms with E-state index in [4.69, 9.17) is 5.11 Å². The fourth-order valence-corrected chi connectivity index (χ4v) is 2.29.